The molecule has 0 spiro atoms. The van der Waals surface area contributed by atoms with Crippen LogP contribution >= 0.6 is 12.2 Å². The van der Waals surface area contributed by atoms with E-state index in [1.54, 1.807) is 20.3 Å². The Morgan fingerprint density at radius 1 is 1.18 bits per heavy atom. The summed E-state index contributed by atoms with van der Waals surface area (Å²) in [6.45, 7) is 3.22. The average Bonchev–Trinajstić information content (AvgIpc) is 3.30. The molecule has 0 amide bonds. The Morgan fingerprint density at radius 3 is 2.67 bits per heavy atom. The Kier molecular flexibility index (Phi) is 7.00. The van der Waals surface area contributed by atoms with Gasteiger partial charge >= 0.3 is 0 Å². The molecule has 0 bridgehead atoms. The maximum atomic E-state index is 14.1. The molecule has 1 aromatic heterocycles. The Balaban J connectivity index is 1.75. The minimum absolute atomic E-state index is 0.329. The van der Waals surface area contributed by atoms with Crippen molar-refractivity contribution < 1.29 is 18.4 Å². The molecular formula is C24H25FN4O3S. The summed E-state index contributed by atoms with van der Waals surface area (Å²) in [4.78, 5) is 6.64. The number of allylic oxidation sites excluding steroid dienone is 1. The van der Waals surface area contributed by atoms with E-state index in [9.17, 15) is 4.39 Å². The number of ether oxygens (including phenoxy) is 2. The summed E-state index contributed by atoms with van der Waals surface area (Å²) in [6, 6.07) is 13.4. The number of benzene rings is 2. The van der Waals surface area contributed by atoms with Gasteiger partial charge in [0.2, 0.25) is 5.82 Å². The van der Waals surface area contributed by atoms with Gasteiger partial charge in [0.15, 0.2) is 5.11 Å². The van der Waals surface area contributed by atoms with Crippen LogP contribution in [0.3, 0.4) is 0 Å². The number of hydrogen-bond donors (Lipinski definition) is 1. The quantitative estimate of drug-likeness (QED) is 0.380. The van der Waals surface area contributed by atoms with E-state index in [2.05, 4.69) is 15.5 Å². The molecule has 1 aliphatic heterocycles. The Morgan fingerprint density at radius 2 is 1.97 bits per heavy atom. The molecule has 1 unspecified atom stereocenters. The third-order valence-electron chi connectivity index (χ3n) is 5.51. The van der Waals surface area contributed by atoms with E-state index in [4.69, 9.17) is 26.2 Å². The first-order valence-electron chi connectivity index (χ1n) is 10.5. The van der Waals surface area contributed by atoms with Crippen LogP contribution in [0.1, 0.15) is 30.8 Å². The van der Waals surface area contributed by atoms with E-state index >= 15 is 0 Å². The summed E-state index contributed by atoms with van der Waals surface area (Å²) in [5, 5.41) is 8.06. The number of nitrogens with one attached hydrogen (secondary N) is 1. The molecule has 0 radical (unpaired) electrons. The van der Waals surface area contributed by atoms with E-state index < -0.39 is 6.04 Å². The van der Waals surface area contributed by atoms with Gasteiger partial charge in [0.05, 0.1) is 18.7 Å². The molecule has 3 aromatic rings. The first-order chi connectivity index (χ1) is 16.0. The van der Waals surface area contributed by atoms with Crippen LogP contribution in [0.15, 0.2) is 58.8 Å². The Bertz CT molecular complexity index is 1160. The van der Waals surface area contributed by atoms with Crippen LogP contribution in [-0.2, 0) is 4.74 Å². The summed E-state index contributed by atoms with van der Waals surface area (Å²) in [7, 11) is 3.28. The van der Waals surface area contributed by atoms with Crippen molar-refractivity contribution in [3.63, 3.8) is 0 Å². The molecule has 33 heavy (non-hydrogen) atoms. The van der Waals surface area contributed by atoms with E-state index in [-0.39, 0.29) is 5.82 Å². The molecule has 0 aliphatic carbocycles. The van der Waals surface area contributed by atoms with Gasteiger partial charge in [-0.2, -0.15) is 4.98 Å². The maximum absolute atomic E-state index is 14.1. The predicted molar refractivity (Wildman–Crippen MR) is 127 cm³/mol. The summed E-state index contributed by atoms with van der Waals surface area (Å²) in [5.41, 5.74) is 3.13. The van der Waals surface area contributed by atoms with E-state index in [1.807, 2.05) is 42.2 Å². The van der Waals surface area contributed by atoms with E-state index in [1.165, 1.54) is 12.1 Å². The predicted octanol–water partition coefficient (Wildman–Crippen LogP) is 4.58. The molecular weight excluding hydrogens is 443 g/mol. The van der Waals surface area contributed by atoms with Crippen LogP contribution in [0.4, 0.5) is 4.39 Å². The summed E-state index contributed by atoms with van der Waals surface area (Å²) >= 11 is 5.64. The minimum Gasteiger partial charge on any atom is -0.497 e. The Labute approximate surface area is 197 Å². The highest BCUT2D eigenvalue weighted by molar-refractivity contribution is 7.80. The molecule has 0 fully saturated rings. The van der Waals surface area contributed by atoms with Crippen molar-refractivity contribution in [2.45, 2.75) is 19.4 Å². The fraction of sp³-hybridized carbons (Fsp3) is 0.292. The smallest absolute Gasteiger partial charge is 0.258 e. The van der Waals surface area contributed by atoms with E-state index in [0.717, 1.165) is 29.0 Å². The van der Waals surface area contributed by atoms with Gasteiger partial charge < -0.3 is 24.2 Å². The fourth-order valence-electron chi connectivity index (χ4n) is 3.82. The second-order valence-corrected chi connectivity index (χ2v) is 7.97. The van der Waals surface area contributed by atoms with Crippen molar-refractivity contribution >= 4 is 22.9 Å². The van der Waals surface area contributed by atoms with Crippen molar-refractivity contribution in [1.29, 1.82) is 0 Å². The van der Waals surface area contributed by atoms with Gasteiger partial charge in [-0.05, 0) is 67.5 Å². The number of nitrogens with zero attached hydrogens (tertiary/aromatic N) is 3. The normalized spacial score (nSPS) is 16.2. The van der Waals surface area contributed by atoms with Gasteiger partial charge in [0.25, 0.3) is 5.89 Å². The highest BCUT2D eigenvalue weighted by Crippen LogP contribution is 2.37. The third-order valence-corrected chi connectivity index (χ3v) is 5.85. The number of hydrogen-bond acceptors (Lipinski definition) is 6. The third kappa shape index (κ3) is 4.89. The topological polar surface area (TPSA) is 72.7 Å². The molecule has 172 valence electrons. The lowest BCUT2D eigenvalue weighted by Gasteiger charge is -2.37. The standard InChI is InChI=1S/C24H25FN4O3S/c1-15-20(23-27-22(28-32-23)16-8-10-19(31-3)11-9-16)21(17-6-4-7-18(25)14-17)26-24(33)29(15)12-5-13-30-2/h4,6-11,14,21H,5,12-13H2,1-3H3,(H,26,33). The van der Waals surface area contributed by atoms with Crippen molar-refractivity contribution in [2.24, 2.45) is 0 Å². The van der Waals surface area contributed by atoms with Crippen LogP contribution < -0.4 is 10.1 Å². The van der Waals surface area contributed by atoms with Gasteiger partial charge in [-0.25, -0.2) is 4.39 Å². The SMILES string of the molecule is COCCCN1C(=S)NC(c2cccc(F)c2)C(c2nc(-c3ccc(OC)cc3)no2)=C1C. The van der Waals surface area contributed by atoms with Crippen molar-refractivity contribution in [3.8, 4) is 17.1 Å². The molecule has 1 atom stereocenters. The minimum atomic E-state index is -0.434. The van der Waals surface area contributed by atoms with Gasteiger partial charge in [-0.1, -0.05) is 17.3 Å². The summed E-state index contributed by atoms with van der Waals surface area (Å²) in [6.07, 6.45) is 0.786. The summed E-state index contributed by atoms with van der Waals surface area (Å²) in [5.74, 6) is 1.21. The van der Waals surface area contributed by atoms with Crippen LogP contribution in [0.5, 0.6) is 5.75 Å². The summed E-state index contributed by atoms with van der Waals surface area (Å²) < 4.78 is 30.2. The lowest BCUT2D eigenvalue weighted by atomic mass is 9.94. The number of thiocarbonyl (C=S) groups is 1. The molecule has 4 rings (SSSR count). The van der Waals surface area contributed by atoms with Gasteiger partial charge in [0.1, 0.15) is 11.6 Å². The molecule has 2 aromatic carbocycles. The zero-order chi connectivity index (χ0) is 23.4. The zero-order valence-corrected chi connectivity index (χ0v) is 19.5. The van der Waals surface area contributed by atoms with Crippen molar-refractivity contribution in [3.05, 3.63) is 71.5 Å². The Hall–Kier alpha value is -3.30. The molecule has 0 saturated carbocycles. The second kappa shape index (κ2) is 10.1. The number of halogens is 1. The van der Waals surface area contributed by atoms with E-state index in [0.29, 0.717) is 35.5 Å². The molecule has 7 nitrogen and oxygen atoms in total. The first-order valence-corrected chi connectivity index (χ1v) is 10.9. The van der Waals surface area contributed by atoms with Crippen LogP contribution in [0.2, 0.25) is 0 Å². The van der Waals surface area contributed by atoms with Crippen molar-refractivity contribution in [2.75, 3.05) is 27.4 Å². The zero-order valence-electron chi connectivity index (χ0n) is 18.7. The number of methoxy groups -OCH3 is 2. The van der Waals surface area contributed by atoms with Crippen LogP contribution in [0.25, 0.3) is 17.0 Å². The number of aromatic nitrogens is 2. The molecule has 2 heterocycles. The molecule has 1 aliphatic rings. The molecule has 9 heteroatoms. The molecule has 1 N–H and O–H groups in total. The van der Waals surface area contributed by atoms with Gasteiger partial charge in [-0.15, -0.1) is 0 Å². The average molecular weight is 469 g/mol. The van der Waals surface area contributed by atoms with Gasteiger partial charge in [0, 0.05) is 31.5 Å². The van der Waals surface area contributed by atoms with Crippen LogP contribution in [-0.4, -0.2) is 47.5 Å². The largest absolute Gasteiger partial charge is 0.497 e. The lowest BCUT2D eigenvalue weighted by molar-refractivity contribution is 0.188. The number of rotatable bonds is 8. The first kappa shape index (κ1) is 22.9. The maximum Gasteiger partial charge on any atom is 0.258 e. The van der Waals surface area contributed by atoms with Crippen LogP contribution in [0, 0.1) is 5.82 Å². The van der Waals surface area contributed by atoms with Crippen molar-refractivity contribution in [1.82, 2.24) is 20.4 Å². The highest BCUT2D eigenvalue weighted by Gasteiger charge is 2.34. The highest BCUT2D eigenvalue weighted by atomic mass is 32.1. The van der Waals surface area contributed by atoms with Gasteiger partial charge in [-0.3, -0.25) is 0 Å². The second-order valence-electron chi connectivity index (χ2n) is 7.59. The monoisotopic (exact) mass is 468 g/mol. The fourth-order valence-corrected chi connectivity index (χ4v) is 4.17. The molecule has 0 saturated heterocycles. The lowest BCUT2D eigenvalue weighted by Crippen LogP contribution is -2.46.